The number of aromatic amines is 1. The lowest BCUT2D eigenvalue weighted by Gasteiger charge is -2.16. The number of nitrogens with zero attached hydrogens (tertiary/aromatic N) is 3. The van der Waals surface area contributed by atoms with Gasteiger partial charge in [-0.25, -0.2) is 20.2 Å². The van der Waals surface area contributed by atoms with Crippen LogP contribution in [0.15, 0.2) is 17.4 Å². The summed E-state index contributed by atoms with van der Waals surface area (Å²) in [5.41, 5.74) is 3.79. The maximum Gasteiger partial charge on any atom is 0.379 e. The molecule has 0 aromatic carbocycles. The van der Waals surface area contributed by atoms with Gasteiger partial charge >= 0.3 is 5.97 Å². The molecule has 1 unspecified atom stereocenters. The third kappa shape index (κ3) is 2.40. The number of ether oxygens (including phenoxy) is 2. The number of fused-ring (bicyclic) bond motifs is 1. The number of nitrogens with one attached hydrogen (secondary N) is 2. The van der Waals surface area contributed by atoms with Gasteiger partial charge in [0.25, 0.3) is 5.78 Å². The normalized spacial score (nSPS) is 16.8. The van der Waals surface area contributed by atoms with E-state index in [1.54, 1.807) is 11.3 Å². The molecule has 2 N–H and O–H groups in total. The summed E-state index contributed by atoms with van der Waals surface area (Å²) < 4.78 is 9.77. The van der Waals surface area contributed by atoms with Crippen molar-refractivity contribution in [2.75, 3.05) is 19.2 Å². The van der Waals surface area contributed by atoms with E-state index in [4.69, 9.17) is 4.74 Å². The molecule has 0 bridgehead atoms. The van der Waals surface area contributed by atoms with E-state index in [-0.39, 0.29) is 11.7 Å². The van der Waals surface area contributed by atoms with Crippen molar-refractivity contribution in [2.45, 2.75) is 13.1 Å². The minimum Gasteiger partial charge on any atom is -0.494 e. The number of pyridine rings is 1. The van der Waals surface area contributed by atoms with E-state index in [1.807, 2.05) is 6.92 Å². The fourth-order valence-corrected chi connectivity index (χ4v) is 2.37. The van der Waals surface area contributed by atoms with Crippen LogP contribution in [0.5, 0.6) is 5.75 Å². The van der Waals surface area contributed by atoms with Gasteiger partial charge in [-0.15, -0.1) is 0 Å². The Labute approximate surface area is 131 Å². The molecule has 3 heterocycles. The first-order valence-electron chi connectivity index (χ1n) is 6.82. The van der Waals surface area contributed by atoms with Crippen LogP contribution in [-0.2, 0) is 9.53 Å². The lowest BCUT2D eigenvalue weighted by atomic mass is 10.1. The lowest BCUT2D eigenvalue weighted by molar-refractivity contribution is -0.135. The molecule has 0 fully saturated rings. The zero-order valence-electron chi connectivity index (χ0n) is 12.8. The average molecular weight is 317 g/mol. The van der Waals surface area contributed by atoms with Gasteiger partial charge in [0.2, 0.25) is 0 Å². The zero-order valence-corrected chi connectivity index (χ0v) is 12.8. The first kappa shape index (κ1) is 15.0. The quantitative estimate of drug-likeness (QED) is 0.483. The van der Waals surface area contributed by atoms with E-state index in [9.17, 15) is 9.59 Å². The van der Waals surface area contributed by atoms with Crippen molar-refractivity contribution in [3.63, 3.8) is 0 Å². The first-order valence-corrected chi connectivity index (χ1v) is 6.82. The highest BCUT2D eigenvalue weighted by Gasteiger charge is 2.26. The molecule has 9 heteroatoms. The minimum atomic E-state index is -0.944. The van der Waals surface area contributed by atoms with Crippen LogP contribution in [0.1, 0.15) is 17.3 Å². The van der Waals surface area contributed by atoms with Crippen LogP contribution in [0.2, 0.25) is 0 Å². The maximum atomic E-state index is 12.2. The third-order valence-electron chi connectivity index (χ3n) is 3.45. The molecule has 3 rings (SSSR count). The van der Waals surface area contributed by atoms with Gasteiger partial charge in [0, 0.05) is 6.20 Å². The Morgan fingerprint density at radius 1 is 1.35 bits per heavy atom. The number of H-pyrrole nitrogens is 1. The lowest BCUT2D eigenvalue weighted by Crippen LogP contribution is -2.36. The fraction of sp³-hybridized carbons (Fsp3) is 0.286. The highest BCUT2D eigenvalue weighted by atomic mass is 16.5. The molecule has 9 nitrogen and oxygen atoms in total. The van der Waals surface area contributed by atoms with Gasteiger partial charge in [0.1, 0.15) is 18.3 Å². The smallest absolute Gasteiger partial charge is 0.379 e. The van der Waals surface area contributed by atoms with E-state index in [1.165, 1.54) is 19.5 Å². The minimum absolute atomic E-state index is 0.0833. The molecule has 120 valence electrons. The van der Waals surface area contributed by atoms with Crippen molar-refractivity contribution in [3.8, 4) is 5.75 Å². The number of carbonyl (C=O) groups is 2. The molecule has 2 aromatic heterocycles. The van der Waals surface area contributed by atoms with Crippen molar-refractivity contribution >= 4 is 34.8 Å². The number of aromatic nitrogens is 2. The molecule has 0 amide bonds. The Kier molecular flexibility index (Phi) is 3.70. The number of methoxy groups -OCH3 is 2. The highest BCUT2D eigenvalue weighted by Crippen LogP contribution is 2.33. The second-order valence-corrected chi connectivity index (χ2v) is 4.86. The van der Waals surface area contributed by atoms with Crippen LogP contribution >= 0.6 is 0 Å². The largest absolute Gasteiger partial charge is 0.494 e. The summed E-state index contributed by atoms with van der Waals surface area (Å²) in [7, 11) is 2.62. The number of hydrazine groups is 1. The predicted octanol–water partition coefficient (Wildman–Crippen LogP) is 0.626. The van der Waals surface area contributed by atoms with Crippen LogP contribution in [0.4, 0.5) is 5.82 Å². The Morgan fingerprint density at radius 3 is 2.74 bits per heavy atom. The summed E-state index contributed by atoms with van der Waals surface area (Å²) in [6, 6.07) is 0. The van der Waals surface area contributed by atoms with Crippen LogP contribution in [0.3, 0.4) is 0 Å². The first-order chi connectivity index (χ1) is 11.1. The van der Waals surface area contributed by atoms with Crippen molar-refractivity contribution in [2.24, 2.45) is 4.99 Å². The number of rotatable bonds is 4. The molecular weight excluding hydrogens is 302 g/mol. The van der Waals surface area contributed by atoms with Gasteiger partial charge in [-0.2, -0.15) is 0 Å². The van der Waals surface area contributed by atoms with Gasteiger partial charge < -0.3 is 14.5 Å². The van der Waals surface area contributed by atoms with E-state index in [0.29, 0.717) is 22.5 Å². The number of Topliss-reactive ketones (excluding diaryl/α,β-unsaturated/α-hetero) is 1. The Balaban J connectivity index is 2.16. The van der Waals surface area contributed by atoms with Gasteiger partial charge in [0.05, 0.1) is 36.9 Å². The topological polar surface area (TPSA) is 109 Å². The van der Waals surface area contributed by atoms with Crippen LogP contribution in [-0.4, -0.2) is 48.4 Å². The van der Waals surface area contributed by atoms with Gasteiger partial charge in [-0.3, -0.25) is 9.79 Å². The molecule has 0 aliphatic carbocycles. The number of hydrogen-bond donors (Lipinski definition) is 2. The van der Waals surface area contributed by atoms with Gasteiger partial charge in [-0.1, -0.05) is 0 Å². The molecule has 0 spiro atoms. The second kappa shape index (κ2) is 5.69. The third-order valence-corrected chi connectivity index (χ3v) is 3.45. The summed E-state index contributed by atoms with van der Waals surface area (Å²) in [6.45, 7) is 1.89. The molecule has 23 heavy (non-hydrogen) atoms. The van der Waals surface area contributed by atoms with Crippen molar-refractivity contribution < 1.29 is 19.1 Å². The fourth-order valence-electron chi connectivity index (χ4n) is 2.37. The molecule has 0 saturated heterocycles. The highest BCUT2D eigenvalue weighted by molar-refractivity contribution is 6.43. The number of anilines is 1. The molecule has 1 aliphatic heterocycles. The predicted molar refractivity (Wildman–Crippen MR) is 82.6 cm³/mol. The Bertz CT molecular complexity index is 813. The molecular formula is C14H15N5O4. The average Bonchev–Trinajstić information content (AvgIpc) is 3.19. The van der Waals surface area contributed by atoms with Gasteiger partial charge in [0.15, 0.2) is 5.82 Å². The zero-order chi connectivity index (χ0) is 16.6. The summed E-state index contributed by atoms with van der Waals surface area (Å²) in [5.74, 6) is -0.814. The van der Waals surface area contributed by atoms with Crippen LogP contribution in [0, 0.1) is 0 Å². The molecule has 0 radical (unpaired) electrons. The summed E-state index contributed by atoms with van der Waals surface area (Å²) in [4.78, 5) is 35.2. The van der Waals surface area contributed by atoms with E-state index >= 15 is 0 Å². The number of carbonyl (C=O) groups excluding carboxylic acids is 2. The van der Waals surface area contributed by atoms with Crippen molar-refractivity contribution in [3.05, 3.63) is 18.0 Å². The van der Waals surface area contributed by atoms with Crippen molar-refractivity contribution in [1.29, 1.82) is 0 Å². The van der Waals surface area contributed by atoms with Crippen molar-refractivity contribution in [1.82, 2.24) is 15.4 Å². The monoisotopic (exact) mass is 317 g/mol. The standard InChI is InChI=1S/C14H15N5O4/c1-7-17-6-19(18-7)13-11-10(9(22-2)5-16-13)8(4-15-11)12(20)14(21)23-3/h4-7,15,18H,1-3H3. The Hall–Kier alpha value is -2.94. The second-order valence-electron chi connectivity index (χ2n) is 4.86. The van der Waals surface area contributed by atoms with Crippen LogP contribution < -0.4 is 15.2 Å². The van der Waals surface area contributed by atoms with Crippen LogP contribution in [0.25, 0.3) is 10.9 Å². The summed E-state index contributed by atoms with van der Waals surface area (Å²) in [6.07, 6.45) is 4.44. The SMILES string of the molecule is COC(=O)C(=O)c1c[nH]c2c(N3C=NC(C)N3)ncc(OC)c12. The van der Waals surface area contributed by atoms with E-state index in [2.05, 4.69) is 25.1 Å². The number of ketones is 1. The number of hydrogen-bond acceptors (Lipinski definition) is 8. The van der Waals surface area contributed by atoms with Gasteiger partial charge in [-0.05, 0) is 6.92 Å². The number of esters is 1. The number of aliphatic imine (C=N–C) groups is 1. The van der Waals surface area contributed by atoms with E-state index < -0.39 is 11.8 Å². The molecule has 1 atom stereocenters. The van der Waals surface area contributed by atoms with E-state index in [0.717, 1.165) is 7.11 Å². The molecule has 2 aromatic rings. The summed E-state index contributed by atoms with van der Waals surface area (Å²) >= 11 is 0. The maximum absolute atomic E-state index is 12.2. The Morgan fingerprint density at radius 2 is 2.13 bits per heavy atom. The molecule has 1 aliphatic rings. The summed E-state index contributed by atoms with van der Waals surface area (Å²) in [5, 5.41) is 2.10. The molecule has 0 saturated carbocycles.